The summed E-state index contributed by atoms with van der Waals surface area (Å²) in [6.07, 6.45) is 7.22. The Balaban J connectivity index is 2.24. The van der Waals surface area contributed by atoms with Crippen molar-refractivity contribution in [3.8, 4) is 0 Å². The van der Waals surface area contributed by atoms with Gasteiger partial charge in [0, 0.05) is 17.9 Å². The maximum Gasteiger partial charge on any atom is 0.255 e. The fraction of sp³-hybridized carbons (Fsp3) is 0.417. The number of nitrogens with zero attached hydrogens (tertiary/aromatic N) is 3. The van der Waals surface area contributed by atoms with E-state index in [9.17, 15) is 4.79 Å². The molecule has 6 nitrogen and oxygen atoms in total. The standard InChI is InChI=1S/C12H17N5O/c1-12(2,3-4-13)16-11(18)9-7-15-17-6-5-14-8-10(9)17/h5-8H,3-4,13H2,1-2H3,(H,16,18). The average molecular weight is 247 g/mol. The monoisotopic (exact) mass is 247 g/mol. The topological polar surface area (TPSA) is 85.3 Å². The van der Waals surface area contributed by atoms with E-state index >= 15 is 0 Å². The van der Waals surface area contributed by atoms with Crippen LogP contribution in [0.5, 0.6) is 0 Å². The van der Waals surface area contributed by atoms with Crippen LogP contribution in [0.15, 0.2) is 24.8 Å². The van der Waals surface area contributed by atoms with Gasteiger partial charge in [-0.05, 0) is 26.8 Å². The highest BCUT2D eigenvalue weighted by atomic mass is 16.1. The summed E-state index contributed by atoms with van der Waals surface area (Å²) in [4.78, 5) is 16.2. The zero-order chi connectivity index (χ0) is 13.2. The number of fused-ring (bicyclic) bond motifs is 1. The Morgan fingerprint density at radius 1 is 1.50 bits per heavy atom. The molecule has 1 amide bonds. The van der Waals surface area contributed by atoms with Gasteiger partial charge in [-0.2, -0.15) is 5.10 Å². The minimum absolute atomic E-state index is 0.156. The molecule has 0 spiro atoms. The molecule has 0 aliphatic carbocycles. The SMILES string of the molecule is CC(C)(CCN)NC(=O)c1cnn2ccncc12. The van der Waals surface area contributed by atoms with Crippen LogP contribution in [0, 0.1) is 0 Å². The molecule has 0 aliphatic heterocycles. The van der Waals surface area contributed by atoms with E-state index < -0.39 is 0 Å². The maximum atomic E-state index is 12.2. The Bertz CT molecular complexity index is 560. The highest BCUT2D eigenvalue weighted by Gasteiger charge is 2.22. The summed E-state index contributed by atoms with van der Waals surface area (Å²) in [5, 5.41) is 7.06. The molecule has 3 N–H and O–H groups in total. The molecule has 96 valence electrons. The predicted molar refractivity (Wildman–Crippen MR) is 68.2 cm³/mol. The molecule has 0 aromatic carbocycles. The van der Waals surface area contributed by atoms with E-state index in [2.05, 4.69) is 15.4 Å². The van der Waals surface area contributed by atoms with Crippen LogP contribution in [0.4, 0.5) is 0 Å². The molecule has 2 aromatic heterocycles. The van der Waals surface area contributed by atoms with Crippen LogP contribution in [0.3, 0.4) is 0 Å². The highest BCUT2D eigenvalue weighted by Crippen LogP contribution is 2.12. The van der Waals surface area contributed by atoms with Gasteiger partial charge < -0.3 is 11.1 Å². The number of carbonyl (C=O) groups is 1. The van der Waals surface area contributed by atoms with Crippen LogP contribution in [-0.2, 0) is 0 Å². The van der Waals surface area contributed by atoms with Gasteiger partial charge in [-0.3, -0.25) is 9.78 Å². The van der Waals surface area contributed by atoms with E-state index in [1.54, 1.807) is 29.3 Å². The Labute approximate surface area is 105 Å². The number of hydrogen-bond acceptors (Lipinski definition) is 4. The number of hydrogen-bond donors (Lipinski definition) is 2. The van der Waals surface area contributed by atoms with Gasteiger partial charge in [-0.1, -0.05) is 0 Å². The maximum absolute atomic E-state index is 12.2. The fourth-order valence-corrected chi connectivity index (χ4v) is 1.81. The van der Waals surface area contributed by atoms with E-state index in [-0.39, 0.29) is 11.4 Å². The highest BCUT2D eigenvalue weighted by molar-refractivity contribution is 6.00. The lowest BCUT2D eigenvalue weighted by Gasteiger charge is -2.25. The lowest BCUT2D eigenvalue weighted by atomic mass is 10.0. The van der Waals surface area contributed by atoms with Gasteiger partial charge in [0.25, 0.3) is 5.91 Å². The first kappa shape index (κ1) is 12.5. The Morgan fingerprint density at radius 2 is 2.28 bits per heavy atom. The molecule has 2 heterocycles. The number of carbonyl (C=O) groups excluding carboxylic acids is 1. The molecule has 0 aliphatic rings. The number of aromatic nitrogens is 3. The second-order valence-corrected chi connectivity index (χ2v) is 4.84. The number of amides is 1. The first-order valence-corrected chi connectivity index (χ1v) is 5.83. The smallest absolute Gasteiger partial charge is 0.255 e. The lowest BCUT2D eigenvalue weighted by molar-refractivity contribution is 0.0912. The minimum atomic E-state index is -0.331. The molecule has 18 heavy (non-hydrogen) atoms. The van der Waals surface area contributed by atoms with Gasteiger partial charge in [-0.15, -0.1) is 0 Å². The zero-order valence-corrected chi connectivity index (χ0v) is 10.6. The van der Waals surface area contributed by atoms with Gasteiger partial charge in [0.2, 0.25) is 0 Å². The van der Waals surface area contributed by atoms with Crippen LogP contribution in [0.2, 0.25) is 0 Å². The number of nitrogens with one attached hydrogen (secondary N) is 1. The summed E-state index contributed by atoms with van der Waals surface area (Å²) < 4.78 is 1.62. The third kappa shape index (κ3) is 2.48. The Kier molecular flexibility index (Phi) is 3.29. The Morgan fingerprint density at radius 3 is 3.00 bits per heavy atom. The molecule has 0 bridgehead atoms. The van der Waals surface area contributed by atoms with Crippen molar-refractivity contribution in [3.63, 3.8) is 0 Å². The Hall–Kier alpha value is -1.95. The van der Waals surface area contributed by atoms with Crippen molar-refractivity contribution in [2.24, 2.45) is 5.73 Å². The predicted octanol–water partition coefficient (Wildman–Crippen LogP) is 0.587. The van der Waals surface area contributed by atoms with Crippen LogP contribution in [0.25, 0.3) is 5.52 Å². The largest absolute Gasteiger partial charge is 0.347 e. The van der Waals surface area contributed by atoms with E-state index in [4.69, 9.17) is 5.73 Å². The van der Waals surface area contributed by atoms with Crippen LogP contribution < -0.4 is 11.1 Å². The lowest BCUT2D eigenvalue weighted by Crippen LogP contribution is -2.44. The molecule has 0 unspecified atom stereocenters. The first-order valence-electron chi connectivity index (χ1n) is 5.83. The second kappa shape index (κ2) is 4.73. The summed E-state index contributed by atoms with van der Waals surface area (Å²) in [7, 11) is 0. The van der Waals surface area contributed by atoms with E-state index in [0.29, 0.717) is 17.6 Å². The molecule has 2 aromatic rings. The normalized spacial score (nSPS) is 11.7. The van der Waals surface area contributed by atoms with Crippen molar-refractivity contribution in [2.45, 2.75) is 25.8 Å². The molecular formula is C12H17N5O. The van der Waals surface area contributed by atoms with Crippen molar-refractivity contribution in [1.82, 2.24) is 19.9 Å². The van der Waals surface area contributed by atoms with Crippen molar-refractivity contribution < 1.29 is 4.79 Å². The molecule has 0 atom stereocenters. The average Bonchev–Trinajstić information content (AvgIpc) is 2.71. The van der Waals surface area contributed by atoms with Crippen LogP contribution in [0.1, 0.15) is 30.6 Å². The van der Waals surface area contributed by atoms with E-state index in [0.717, 1.165) is 6.42 Å². The van der Waals surface area contributed by atoms with Crippen molar-refractivity contribution in [3.05, 3.63) is 30.4 Å². The molecule has 0 radical (unpaired) electrons. The minimum Gasteiger partial charge on any atom is -0.347 e. The van der Waals surface area contributed by atoms with Gasteiger partial charge in [-0.25, -0.2) is 4.52 Å². The third-order valence-electron chi connectivity index (χ3n) is 2.79. The van der Waals surface area contributed by atoms with Gasteiger partial charge in [0.15, 0.2) is 0 Å². The van der Waals surface area contributed by atoms with Gasteiger partial charge in [0.05, 0.1) is 23.5 Å². The molecule has 2 rings (SSSR count). The van der Waals surface area contributed by atoms with Gasteiger partial charge in [0.1, 0.15) is 0 Å². The molecular weight excluding hydrogens is 230 g/mol. The molecule has 0 saturated heterocycles. The number of nitrogens with two attached hydrogens (primary N) is 1. The fourth-order valence-electron chi connectivity index (χ4n) is 1.81. The molecule has 6 heteroatoms. The number of rotatable bonds is 4. The van der Waals surface area contributed by atoms with Crippen molar-refractivity contribution in [1.29, 1.82) is 0 Å². The van der Waals surface area contributed by atoms with Crippen LogP contribution in [-0.4, -0.2) is 32.6 Å². The summed E-state index contributed by atoms with van der Waals surface area (Å²) in [6.45, 7) is 4.42. The van der Waals surface area contributed by atoms with Gasteiger partial charge >= 0.3 is 0 Å². The first-order chi connectivity index (χ1) is 8.53. The van der Waals surface area contributed by atoms with Crippen LogP contribution >= 0.6 is 0 Å². The summed E-state index contributed by atoms with van der Waals surface area (Å²) >= 11 is 0. The quantitative estimate of drug-likeness (QED) is 0.828. The summed E-state index contributed by atoms with van der Waals surface area (Å²) in [5.41, 5.74) is 6.41. The summed E-state index contributed by atoms with van der Waals surface area (Å²) in [6, 6.07) is 0. The van der Waals surface area contributed by atoms with Crippen molar-refractivity contribution in [2.75, 3.05) is 6.54 Å². The van der Waals surface area contributed by atoms with E-state index in [1.807, 2.05) is 13.8 Å². The molecule has 0 fully saturated rings. The van der Waals surface area contributed by atoms with Crippen molar-refractivity contribution >= 4 is 11.4 Å². The summed E-state index contributed by atoms with van der Waals surface area (Å²) in [5.74, 6) is -0.156. The second-order valence-electron chi connectivity index (χ2n) is 4.84. The third-order valence-corrected chi connectivity index (χ3v) is 2.79. The van der Waals surface area contributed by atoms with E-state index in [1.165, 1.54) is 0 Å². The zero-order valence-electron chi connectivity index (χ0n) is 10.6. The molecule has 0 saturated carbocycles.